The van der Waals surface area contributed by atoms with Crippen molar-refractivity contribution in [3.05, 3.63) is 83.6 Å². The van der Waals surface area contributed by atoms with Crippen LogP contribution in [0.15, 0.2) is 72.4 Å². The highest BCUT2D eigenvalue weighted by Gasteiger charge is 2.25. The fraction of sp³-hybridized carbons (Fsp3) is 0.0909. The molecule has 1 aliphatic heterocycles. The minimum absolute atomic E-state index is 0.254. The Bertz CT molecular complexity index is 1040. The topological polar surface area (TPSA) is 55.4 Å². The quantitative estimate of drug-likeness (QED) is 0.652. The van der Waals surface area contributed by atoms with E-state index < -0.39 is 0 Å². The molecule has 0 unspecified atom stereocenters. The fourth-order valence-electron chi connectivity index (χ4n) is 2.93. The molecular weight excluding hydrogens is 358 g/mol. The highest BCUT2D eigenvalue weighted by Crippen LogP contribution is 2.22. The first-order valence-corrected chi connectivity index (χ1v) is 9.44. The van der Waals surface area contributed by atoms with Gasteiger partial charge in [0.1, 0.15) is 5.75 Å². The lowest BCUT2D eigenvalue weighted by atomic mass is 10.1. The van der Waals surface area contributed by atoms with E-state index in [1.54, 1.807) is 6.08 Å². The molecule has 3 aromatic carbocycles. The highest BCUT2D eigenvalue weighted by atomic mass is 32.2. The number of amides is 1. The van der Waals surface area contributed by atoms with Crippen molar-refractivity contribution < 1.29 is 14.3 Å². The van der Waals surface area contributed by atoms with Crippen LogP contribution in [0.1, 0.15) is 11.1 Å². The van der Waals surface area contributed by atoms with Gasteiger partial charge in [0.05, 0.1) is 12.3 Å². The summed E-state index contributed by atoms with van der Waals surface area (Å²) in [5.74, 6) is 0.772. The number of fused-ring (bicyclic) bond motifs is 1. The van der Waals surface area contributed by atoms with E-state index in [-0.39, 0.29) is 10.4 Å². The highest BCUT2D eigenvalue weighted by molar-refractivity contribution is 8.27. The molecule has 5 heteroatoms. The summed E-state index contributed by atoms with van der Waals surface area (Å²) in [6, 6.07) is 22.2. The molecule has 4 nitrogen and oxygen atoms in total. The Labute approximate surface area is 161 Å². The van der Waals surface area contributed by atoms with Gasteiger partial charge in [-0.05, 0) is 40.1 Å². The maximum atomic E-state index is 11.6. The maximum absolute atomic E-state index is 11.6. The summed E-state index contributed by atoms with van der Waals surface area (Å²) < 4.78 is 5.82. The van der Waals surface area contributed by atoms with Gasteiger partial charge in [0.25, 0.3) is 5.24 Å². The molecule has 1 heterocycles. The van der Waals surface area contributed by atoms with E-state index in [0.717, 1.165) is 17.7 Å². The first-order valence-electron chi connectivity index (χ1n) is 8.63. The van der Waals surface area contributed by atoms with E-state index in [1.165, 1.54) is 16.3 Å². The number of carbonyl (C=O) groups is 2. The Balaban J connectivity index is 1.35. The molecule has 0 aliphatic carbocycles. The SMILES string of the molecule is O=C1NC(=Cc2ccc(OCCc3ccc4ccccc4c3)cc2)C(=O)S1. The smallest absolute Gasteiger partial charge is 0.291 e. The van der Waals surface area contributed by atoms with Crippen LogP contribution in [0, 0.1) is 0 Å². The molecule has 4 rings (SSSR count). The third-order valence-electron chi connectivity index (χ3n) is 4.31. The van der Waals surface area contributed by atoms with E-state index in [4.69, 9.17) is 4.74 Å². The van der Waals surface area contributed by atoms with Crippen molar-refractivity contribution in [1.82, 2.24) is 5.32 Å². The number of hydrogen-bond acceptors (Lipinski definition) is 4. The van der Waals surface area contributed by atoms with E-state index in [2.05, 4.69) is 35.6 Å². The predicted octanol–water partition coefficient (Wildman–Crippen LogP) is 4.79. The van der Waals surface area contributed by atoms with Crippen LogP contribution >= 0.6 is 11.8 Å². The van der Waals surface area contributed by atoms with E-state index in [1.807, 2.05) is 36.4 Å². The molecule has 3 aromatic rings. The second-order valence-electron chi connectivity index (χ2n) is 6.21. The van der Waals surface area contributed by atoms with Gasteiger partial charge in [-0.2, -0.15) is 0 Å². The van der Waals surface area contributed by atoms with Crippen molar-refractivity contribution in [2.75, 3.05) is 6.61 Å². The molecule has 0 saturated carbocycles. The number of hydrogen-bond donors (Lipinski definition) is 1. The van der Waals surface area contributed by atoms with E-state index >= 15 is 0 Å². The summed E-state index contributed by atoms with van der Waals surface area (Å²) in [7, 11) is 0. The Morgan fingerprint density at radius 3 is 2.44 bits per heavy atom. The summed E-state index contributed by atoms with van der Waals surface area (Å²) >= 11 is 0.679. The zero-order chi connectivity index (χ0) is 18.6. The minimum atomic E-state index is -0.333. The lowest BCUT2D eigenvalue weighted by molar-refractivity contribution is -0.107. The van der Waals surface area contributed by atoms with Crippen LogP contribution in [0.2, 0.25) is 0 Å². The Kier molecular flexibility index (Phi) is 4.94. The number of ether oxygens (including phenoxy) is 1. The van der Waals surface area contributed by atoms with Gasteiger partial charge < -0.3 is 10.1 Å². The average Bonchev–Trinajstić information content (AvgIpc) is 3.00. The van der Waals surface area contributed by atoms with Gasteiger partial charge in [0.2, 0.25) is 5.12 Å². The normalized spacial score (nSPS) is 15.3. The van der Waals surface area contributed by atoms with Crippen LogP contribution in [0.25, 0.3) is 16.8 Å². The van der Waals surface area contributed by atoms with Gasteiger partial charge in [-0.3, -0.25) is 9.59 Å². The monoisotopic (exact) mass is 375 g/mol. The third kappa shape index (κ3) is 4.20. The van der Waals surface area contributed by atoms with Gasteiger partial charge in [-0.1, -0.05) is 54.6 Å². The van der Waals surface area contributed by atoms with Gasteiger partial charge in [-0.15, -0.1) is 0 Å². The van der Waals surface area contributed by atoms with Crippen LogP contribution in [-0.2, 0) is 11.2 Å². The lowest BCUT2D eigenvalue weighted by Gasteiger charge is -2.08. The molecule has 1 fully saturated rings. The van der Waals surface area contributed by atoms with Gasteiger partial charge in [0, 0.05) is 18.2 Å². The van der Waals surface area contributed by atoms with Crippen LogP contribution in [0.3, 0.4) is 0 Å². The van der Waals surface area contributed by atoms with Crippen molar-refractivity contribution in [1.29, 1.82) is 0 Å². The second kappa shape index (κ2) is 7.68. The molecule has 1 N–H and O–H groups in total. The van der Waals surface area contributed by atoms with Crippen LogP contribution in [-0.4, -0.2) is 17.0 Å². The number of nitrogens with one attached hydrogen (secondary N) is 1. The summed E-state index contributed by atoms with van der Waals surface area (Å²) in [6.07, 6.45) is 2.49. The predicted molar refractivity (Wildman–Crippen MR) is 109 cm³/mol. The maximum Gasteiger partial charge on any atom is 0.291 e. The van der Waals surface area contributed by atoms with E-state index in [9.17, 15) is 9.59 Å². The molecule has 0 spiro atoms. The largest absolute Gasteiger partial charge is 0.493 e. The van der Waals surface area contributed by atoms with E-state index in [0.29, 0.717) is 24.1 Å². The fourth-order valence-corrected chi connectivity index (χ4v) is 3.48. The number of rotatable bonds is 5. The summed E-state index contributed by atoms with van der Waals surface area (Å²) in [5.41, 5.74) is 2.39. The van der Waals surface area contributed by atoms with Gasteiger partial charge in [-0.25, -0.2) is 0 Å². The van der Waals surface area contributed by atoms with Crippen LogP contribution in [0.4, 0.5) is 4.79 Å². The minimum Gasteiger partial charge on any atom is -0.493 e. The van der Waals surface area contributed by atoms with Gasteiger partial charge in [0.15, 0.2) is 0 Å². The molecule has 27 heavy (non-hydrogen) atoms. The van der Waals surface area contributed by atoms with Crippen molar-refractivity contribution in [3.63, 3.8) is 0 Å². The number of benzene rings is 3. The van der Waals surface area contributed by atoms with Crippen molar-refractivity contribution in [3.8, 4) is 5.75 Å². The van der Waals surface area contributed by atoms with Crippen molar-refractivity contribution >= 4 is 39.0 Å². The molecule has 1 saturated heterocycles. The van der Waals surface area contributed by atoms with Crippen molar-refractivity contribution in [2.24, 2.45) is 0 Å². The third-order valence-corrected chi connectivity index (χ3v) is 5.00. The van der Waals surface area contributed by atoms with Crippen LogP contribution in [0.5, 0.6) is 5.75 Å². The Hall–Kier alpha value is -3.05. The zero-order valence-corrected chi connectivity index (χ0v) is 15.3. The zero-order valence-electron chi connectivity index (χ0n) is 14.5. The molecular formula is C22H17NO3S. The molecule has 0 radical (unpaired) electrons. The first-order chi connectivity index (χ1) is 13.2. The number of carbonyl (C=O) groups excluding carboxylic acids is 2. The molecule has 134 valence electrons. The average molecular weight is 375 g/mol. The van der Waals surface area contributed by atoms with Gasteiger partial charge >= 0.3 is 0 Å². The summed E-state index contributed by atoms with van der Waals surface area (Å²) in [6.45, 7) is 0.587. The van der Waals surface area contributed by atoms with Crippen molar-refractivity contribution in [2.45, 2.75) is 6.42 Å². The molecule has 0 aromatic heterocycles. The Morgan fingerprint density at radius 2 is 1.70 bits per heavy atom. The second-order valence-corrected chi connectivity index (χ2v) is 7.15. The Morgan fingerprint density at radius 1 is 0.926 bits per heavy atom. The number of thioether (sulfide) groups is 1. The molecule has 1 amide bonds. The first kappa shape index (κ1) is 17.4. The van der Waals surface area contributed by atoms with Crippen LogP contribution < -0.4 is 10.1 Å². The lowest BCUT2D eigenvalue weighted by Crippen LogP contribution is -2.10. The summed E-state index contributed by atoms with van der Waals surface area (Å²) in [4.78, 5) is 22.8. The molecule has 0 bridgehead atoms. The standard InChI is InChI=1S/C22H17NO3S/c24-21-20(23-22(25)27-21)14-15-6-9-19(10-7-15)26-12-11-16-5-8-17-3-1-2-4-18(17)13-16/h1-10,13-14H,11-12H2,(H,23,25). The molecule has 0 atom stereocenters. The summed E-state index contributed by atoms with van der Waals surface area (Å²) in [5, 5.41) is 4.42. The molecule has 1 aliphatic rings.